The van der Waals surface area contributed by atoms with Crippen molar-refractivity contribution in [2.75, 3.05) is 33.4 Å². The van der Waals surface area contributed by atoms with E-state index in [1.807, 2.05) is 24.3 Å². The molecule has 1 fully saturated rings. The molecule has 0 spiro atoms. The first-order chi connectivity index (χ1) is 14.0. The van der Waals surface area contributed by atoms with Gasteiger partial charge in [0.25, 0.3) is 5.91 Å². The van der Waals surface area contributed by atoms with Crippen LogP contribution >= 0.6 is 27.5 Å². The summed E-state index contributed by atoms with van der Waals surface area (Å²) in [7, 11) is 2.13. The molecular formula is C21H25BrClN3O3. The fourth-order valence-electron chi connectivity index (χ4n) is 3.22. The van der Waals surface area contributed by atoms with E-state index >= 15 is 0 Å². The number of nitrogens with one attached hydrogen (secondary N) is 1. The number of amides is 1. The topological polar surface area (TPSA) is 63.7 Å². The van der Waals surface area contributed by atoms with Gasteiger partial charge in [0.15, 0.2) is 0 Å². The van der Waals surface area contributed by atoms with Gasteiger partial charge in [0.05, 0.1) is 5.56 Å². The van der Waals surface area contributed by atoms with E-state index in [1.54, 1.807) is 12.3 Å². The average molecular weight is 483 g/mol. The number of nitrogens with zero attached hydrogens (tertiary/aromatic N) is 2. The molecule has 2 aromatic rings. The minimum absolute atomic E-state index is 0.177. The maximum absolute atomic E-state index is 12.4. The highest BCUT2D eigenvalue weighted by Gasteiger charge is 2.18. The predicted molar refractivity (Wildman–Crippen MR) is 117 cm³/mol. The summed E-state index contributed by atoms with van der Waals surface area (Å²) in [6.45, 7) is 3.53. The zero-order chi connectivity index (χ0) is 20.6. The molecule has 1 aliphatic heterocycles. The van der Waals surface area contributed by atoms with Gasteiger partial charge in [-0.25, -0.2) is 4.98 Å². The number of ether oxygens (including phenoxy) is 2. The maximum Gasteiger partial charge on any atom is 0.254 e. The first-order valence-electron chi connectivity index (χ1n) is 9.62. The molecule has 1 aromatic heterocycles. The standard InChI is InChI=1S/C21H25BrClN3O3/c1-26(17-5-8-28-9-6-17)7-10-29-18-4-2-3-15(11-18)13-25-21(27)19-12-16(22)14-24-20(19)23/h2-4,11-12,14,17H,5-10,13H2,1H3,(H,25,27). The van der Waals surface area contributed by atoms with Gasteiger partial charge in [0.2, 0.25) is 0 Å². The van der Waals surface area contributed by atoms with Crippen molar-refractivity contribution in [3.63, 3.8) is 0 Å². The Balaban J connectivity index is 1.47. The Hall–Kier alpha value is -1.67. The first-order valence-corrected chi connectivity index (χ1v) is 10.8. The zero-order valence-corrected chi connectivity index (χ0v) is 18.7. The van der Waals surface area contributed by atoms with Gasteiger partial charge in [-0.3, -0.25) is 9.69 Å². The predicted octanol–water partition coefficient (Wildman–Crippen LogP) is 3.92. The van der Waals surface area contributed by atoms with E-state index in [1.165, 1.54) is 0 Å². The summed E-state index contributed by atoms with van der Waals surface area (Å²) in [6.07, 6.45) is 3.70. The van der Waals surface area contributed by atoms with Gasteiger partial charge in [-0.2, -0.15) is 0 Å². The van der Waals surface area contributed by atoms with Gasteiger partial charge in [-0.1, -0.05) is 23.7 Å². The third-order valence-electron chi connectivity index (χ3n) is 4.93. The van der Waals surface area contributed by atoms with Crippen molar-refractivity contribution >= 4 is 33.4 Å². The molecule has 156 valence electrons. The Labute approximate surface area is 184 Å². The second-order valence-electron chi connectivity index (χ2n) is 6.99. The van der Waals surface area contributed by atoms with Crippen molar-refractivity contribution in [3.8, 4) is 5.75 Å². The Morgan fingerprint density at radius 1 is 1.38 bits per heavy atom. The van der Waals surface area contributed by atoms with E-state index in [0.29, 0.717) is 29.2 Å². The third kappa shape index (κ3) is 6.67. The second kappa shape index (κ2) is 10.9. The van der Waals surface area contributed by atoms with Gasteiger partial charge < -0.3 is 14.8 Å². The highest BCUT2D eigenvalue weighted by Crippen LogP contribution is 2.19. The molecule has 8 heteroatoms. The molecule has 0 aliphatic carbocycles. The van der Waals surface area contributed by atoms with Crippen LogP contribution < -0.4 is 10.1 Å². The number of halogens is 2. The zero-order valence-electron chi connectivity index (χ0n) is 16.4. The highest BCUT2D eigenvalue weighted by molar-refractivity contribution is 9.10. The van der Waals surface area contributed by atoms with Gasteiger partial charge >= 0.3 is 0 Å². The lowest BCUT2D eigenvalue weighted by atomic mass is 10.1. The van der Waals surface area contributed by atoms with E-state index in [2.05, 4.69) is 38.2 Å². The lowest BCUT2D eigenvalue weighted by molar-refractivity contribution is 0.0392. The molecule has 0 unspecified atom stereocenters. The number of pyridine rings is 1. The minimum Gasteiger partial charge on any atom is -0.492 e. The summed E-state index contributed by atoms with van der Waals surface area (Å²) >= 11 is 9.32. The summed E-state index contributed by atoms with van der Waals surface area (Å²) in [4.78, 5) is 18.7. The molecule has 29 heavy (non-hydrogen) atoms. The monoisotopic (exact) mass is 481 g/mol. The lowest BCUT2D eigenvalue weighted by Crippen LogP contribution is -2.38. The third-order valence-corrected chi connectivity index (χ3v) is 5.66. The van der Waals surface area contributed by atoms with Crippen LogP contribution in [0.15, 0.2) is 41.0 Å². The summed E-state index contributed by atoms with van der Waals surface area (Å²) < 4.78 is 12.0. The molecule has 2 heterocycles. The van der Waals surface area contributed by atoms with E-state index in [4.69, 9.17) is 21.1 Å². The van der Waals surface area contributed by atoms with Crippen LogP contribution in [-0.4, -0.2) is 55.2 Å². The van der Waals surface area contributed by atoms with Gasteiger partial charge in [0.1, 0.15) is 17.5 Å². The average Bonchev–Trinajstić information content (AvgIpc) is 2.74. The van der Waals surface area contributed by atoms with Crippen molar-refractivity contribution in [2.45, 2.75) is 25.4 Å². The number of aromatic nitrogens is 1. The van der Waals surface area contributed by atoms with Gasteiger partial charge in [-0.15, -0.1) is 0 Å². The summed E-state index contributed by atoms with van der Waals surface area (Å²) in [5, 5.41) is 3.05. The molecule has 6 nitrogen and oxygen atoms in total. The van der Waals surface area contributed by atoms with Crippen molar-refractivity contribution in [2.24, 2.45) is 0 Å². The molecule has 1 aliphatic rings. The molecule has 0 radical (unpaired) electrons. The van der Waals surface area contributed by atoms with Crippen LogP contribution in [0.4, 0.5) is 0 Å². The number of carbonyl (C=O) groups is 1. The van der Waals surface area contributed by atoms with Crippen molar-refractivity contribution in [1.29, 1.82) is 0 Å². The second-order valence-corrected chi connectivity index (χ2v) is 8.27. The Kier molecular flexibility index (Phi) is 8.29. The molecule has 1 aromatic carbocycles. The fraction of sp³-hybridized carbons (Fsp3) is 0.429. The number of rotatable bonds is 8. The fourth-order valence-corrected chi connectivity index (χ4v) is 3.74. The van der Waals surface area contributed by atoms with Crippen LogP contribution in [0.25, 0.3) is 0 Å². The Morgan fingerprint density at radius 2 is 2.17 bits per heavy atom. The smallest absolute Gasteiger partial charge is 0.254 e. The van der Waals surface area contributed by atoms with Crippen molar-refractivity contribution < 1.29 is 14.3 Å². The quantitative estimate of drug-likeness (QED) is 0.578. The molecular weight excluding hydrogens is 458 g/mol. The molecule has 3 rings (SSSR count). The minimum atomic E-state index is -0.270. The number of benzene rings is 1. The molecule has 1 saturated heterocycles. The Morgan fingerprint density at radius 3 is 2.97 bits per heavy atom. The molecule has 0 saturated carbocycles. The van der Waals surface area contributed by atoms with Crippen molar-refractivity contribution in [3.05, 3.63) is 57.3 Å². The van der Waals surface area contributed by atoms with E-state index in [-0.39, 0.29) is 11.1 Å². The van der Waals surface area contributed by atoms with Crippen LogP contribution in [0.2, 0.25) is 5.15 Å². The van der Waals surface area contributed by atoms with Crippen LogP contribution in [-0.2, 0) is 11.3 Å². The number of carbonyl (C=O) groups excluding carboxylic acids is 1. The number of likely N-dealkylation sites (N-methyl/N-ethyl adjacent to an activating group) is 1. The van der Waals surface area contributed by atoms with Crippen molar-refractivity contribution in [1.82, 2.24) is 15.2 Å². The summed E-state index contributed by atoms with van der Waals surface area (Å²) in [6, 6.07) is 9.95. The molecule has 1 amide bonds. The number of hydrogen-bond acceptors (Lipinski definition) is 5. The van der Waals surface area contributed by atoms with E-state index < -0.39 is 0 Å². The largest absolute Gasteiger partial charge is 0.492 e. The van der Waals surface area contributed by atoms with E-state index in [0.717, 1.165) is 43.9 Å². The van der Waals surface area contributed by atoms with Crippen LogP contribution in [0.3, 0.4) is 0 Å². The molecule has 0 bridgehead atoms. The number of hydrogen-bond donors (Lipinski definition) is 1. The molecule has 1 N–H and O–H groups in total. The summed E-state index contributed by atoms with van der Waals surface area (Å²) in [5.41, 5.74) is 1.29. The van der Waals surface area contributed by atoms with Gasteiger partial charge in [-0.05, 0) is 59.6 Å². The molecule has 0 atom stereocenters. The van der Waals surface area contributed by atoms with Gasteiger partial charge in [0, 0.05) is 43.0 Å². The SMILES string of the molecule is CN(CCOc1cccc(CNC(=O)c2cc(Br)cnc2Cl)c1)C1CCOCC1. The van der Waals surface area contributed by atoms with Crippen LogP contribution in [0, 0.1) is 0 Å². The summed E-state index contributed by atoms with van der Waals surface area (Å²) in [5.74, 6) is 0.521. The normalized spacial score (nSPS) is 14.8. The maximum atomic E-state index is 12.4. The lowest BCUT2D eigenvalue weighted by Gasteiger charge is -2.31. The Bertz CT molecular complexity index is 831. The first kappa shape index (κ1) is 22.0. The van der Waals surface area contributed by atoms with Crippen LogP contribution in [0.1, 0.15) is 28.8 Å². The highest BCUT2D eigenvalue weighted by atomic mass is 79.9. The van der Waals surface area contributed by atoms with E-state index in [9.17, 15) is 4.79 Å². The van der Waals surface area contributed by atoms with Crippen LogP contribution in [0.5, 0.6) is 5.75 Å².